The van der Waals surface area contributed by atoms with Crippen molar-refractivity contribution in [2.45, 2.75) is 38.0 Å². The van der Waals surface area contributed by atoms with Gasteiger partial charge in [-0.2, -0.15) is 23.5 Å². The third kappa shape index (κ3) is 6.35. The van der Waals surface area contributed by atoms with Crippen LogP contribution in [0.4, 0.5) is 18.3 Å². The van der Waals surface area contributed by atoms with Crippen molar-refractivity contribution < 1.29 is 27.6 Å². The highest BCUT2D eigenvalue weighted by atomic mass is 32.1. The van der Waals surface area contributed by atoms with Gasteiger partial charge in [-0.25, -0.2) is 9.78 Å². The smallest absolute Gasteiger partial charge is 0.322 e. The molecule has 0 saturated carbocycles. The van der Waals surface area contributed by atoms with Gasteiger partial charge in [-0.15, -0.1) is 5.06 Å². The molecule has 0 spiro atoms. The molecule has 1 atom stereocenters. The highest BCUT2D eigenvalue weighted by Crippen LogP contribution is 2.34. The summed E-state index contributed by atoms with van der Waals surface area (Å²) in [7, 11) is 3.89. The molecule has 216 valence electrons. The van der Waals surface area contributed by atoms with E-state index >= 15 is 0 Å². The van der Waals surface area contributed by atoms with Crippen LogP contribution in [0.3, 0.4) is 0 Å². The molecule has 1 aliphatic rings. The van der Waals surface area contributed by atoms with Crippen molar-refractivity contribution in [1.29, 1.82) is 5.26 Å². The Labute approximate surface area is 243 Å². The van der Waals surface area contributed by atoms with Gasteiger partial charge >= 0.3 is 12.1 Å². The maximum absolute atomic E-state index is 13.5. The van der Waals surface area contributed by atoms with E-state index in [4.69, 9.17) is 5.26 Å². The van der Waals surface area contributed by atoms with E-state index in [1.54, 1.807) is 41.3 Å². The highest BCUT2D eigenvalue weighted by molar-refractivity contribution is 7.15. The van der Waals surface area contributed by atoms with E-state index in [2.05, 4.69) is 25.9 Å². The normalized spacial score (nSPS) is 14.7. The first-order valence-electron chi connectivity index (χ1n) is 12.9. The number of nitriles is 1. The summed E-state index contributed by atoms with van der Waals surface area (Å²) >= 11 is 1.04. The second-order valence-electron chi connectivity index (χ2n) is 10.0. The summed E-state index contributed by atoms with van der Waals surface area (Å²) in [6.45, 7) is 0.261. The Morgan fingerprint density at radius 1 is 1.17 bits per heavy atom. The number of hydrogen-bond donors (Lipinski definition) is 0. The number of aryl methyl sites for hydroxylation is 1. The monoisotopic (exact) mass is 594 g/mol. The zero-order valence-corrected chi connectivity index (χ0v) is 23.4. The fourth-order valence-corrected chi connectivity index (χ4v) is 5.74. The summed E-state index contributed by atoms with van der Waals surface area (Å²) in [5.74, 6) is -3.47. The maximum Gasteiger partial charge on any atom is 0.493 e. The second kappa shape index (κ2) is 11.8. The summed E-state index contributed by atoms with van der Waals surface area (Å²) in [6.07, 6.45) is 0.183. The molecule has 0 bridgehead atoms. The number of fused-ring (bicyclic) bond motifs is 1. The van der Waals surface area contributed by atoms with Crippen molar-refractivity contribution in [1.82, 2.24) is 19.7 Å². The van der Waals surface area contributed by atoms with Crippen molar-refractivity contribution in [3.63, 3.8) is 0 Å². The van der Waals surface area contributed by atoms with Crippen molar-refractivity contribution >= 4 is 28.3 Å². The van der Waals surface area contributed by atoms with E-state index in [0.29, 0.717) is 34.7 Å². The van der Waals surface area contributed by atoms with Crippen LogP contribution in [-0.4, -0.2) is 57.9 Å². The Hall–Kier alpha value is -4.54. The first-order valence-corrected chi connectivity index (χ1v) is 13.7. The van der Waals surface area contributed by atoms with Gasteiger partial charge in [-0.1, -0.05) is 35.6 Å². The minimum absolute atomic E-state index is 0.0151. The van der Waals surface area contributed by atoms with E-state index in [9.17, 15) is 22.8 Å². The van der Waals surface area contributed by atoms with Gasteiger partial charge < -0.3 is 9.74 Å². The Bertz CT molecular complexity index is 1660. The van der Waals surface area contributed by atoms with Crippen LogP contribution < -0.4 is 5.06 Å². The van der Waals surface area contributed by atoms with Gasteiger partial charge in [0.15, 0.2) is 0 Å². The molecule has 2 aromatic heterocycles. The molecule has 0 unspecified atom stereocenters. The molecule has 42 heavy (non-hydrogen) atoms. The molecule has 9 nitrogen and oxygen atoms in total. The summed E-state index contributed by atoms with van der Waals surface area (Å²) in [5, 5.41) is 13.6. The SMILES string of the molecule is CN(C)[C@H]1CCc2nc(N(OC(=O)C(F)(F)F)C(=O)c3cccc(Cn4cc(-c5ccc(C#N)cc5)cn4)c3)sc2C1. The average molecular weight is 595 g/mol. The second-order valence-corrected chi connectivity index (χ2v) is 11.1. The van der Waals surface area contributed by atoms with Gasteiger partial charge in [0, 0.05) is 28.2 Å². The van der Waals surface area contributed by atoms with Crippen LogP contribution in [0.1, 0.15) is 38.5 Å². The number of hydroxylamine groups is 1. The van der Waals surface area contributed by atoms with E-state index in [-0.39, 0.29) is 23.3 Å². The lowest BCUT2D eigenvalue weighted by atomic mass is 9.97. The number of hydrogen-bond acceptors (Lipinski definition) is 8. The summed E-state index contributed by atoms with van der Waals surface area (Å²) < 4.78 is 41.2. The summed E-state index contributed by atoms with van der Waals surface area (Å²) in [6, 6.07) is 15.6. The summed E-state index contributed by atoms with van der Waals surface area (Å²) in [4.78, 5) is 37.3. The fourth-order valence-electron chi connectivity index (χ4n) is 4.62. The molecule has 5 rings (SSSR count). The largest absolute Gasteiger partial charge is 0.493 e. The quantitative estimate of drug-likeness (QED) is 0.289. The number of anilines is 1. The molecule has 0 saturated heterocycles. The predicted octanol–water partition coefficient (Wildman–Crippen LogP) is 5.01. The molecule has 0 aliphatic heterocycles. The van der Waals surface area contributed by atoms with Gasteiger partial charge in [-0.3, -0.25) is 9.48 Å². The number of amides is 1. The molecule has 0 N–H and O–H groups in total. The summed E-state index contributed by atoms with van der Waals surface area (Å²) in [5.41, 5.74) is 3.57. The number of benzene rings is 2. The zero-order valence-electron chi connectivity index (χ0n) is 22.6. The number of carbonyl (C=O) groups excluding carboxylic acids is 2. The van der Waals surface area contributed by atoms with Crippen molar-refractivity contribution in [3.8, 4) is 17.2 Å². The Morgan fingerprint density at radius 2 is 1.93 bits per heavy atom. The molecule has 13 heteroatoms. The van der Waals surface area contributed by atoms with E-state index in [1.165, 1.54) is 12.1 Å². The van der Waals surface area contributed by atoms with E-state index < -0.39 is 18.1 Å². The number of alkyl halides is 3. The molecule has 0 fully saturated rings. The number of aromatic nitrogens is 3. The first kappa shape index (κ1) is 29.0. The van der Waals surface area contributed by atoms with E-state index in [1.807, 2.05) is 26.2 Å². The number of likely N-dealkylation sites (N-methyl/N-ethyl adjacent to an activating group) is 1. The lowest BCUT2D eigenvalue weighted by Crippen LogP contribution is -2.38. The van der Waals surface area contributed by atoms with Crippen LogP contribution in [0.25, 0.3) is 11.1 Å². The van der Waals surface area contributed by atoms with Crippen LogP contribution >= 0.6 is 11.3 Å². The topological polar surface area (TPSA) is 104 Å². The molecule has 2 aromatic carbocycles. The number of nitrogens with zero attached hydrogens (tertiary/aromatic N) is 6. The highest BCUT2D eigenvalue weighted by Gasteiger charge is 2.44. The Morgan fingerprint density at radius 3 is 2.62 bits per heavy atom. The number of halogens is 3. The minimum atomic E-state index is -5.31. The predicted molar refractivity (Wildman–Crippen MR) is 148 cm³/mol. The van der Waals surface area contributed by atoms with Gasteiger partial charge in [0.25, 0.3) is 5.91 Å². The number of rotatable bonds is 6. The fraction of sp³-hybridized carbons (Fsp3) is 0.276. The maximum atomic E-state index is 13.5. The van der Waals surface area contributed by atoms with Crippen molar-refractivity contribution in [2.75, 3.05) is 19.2 Å². The lowest BCUT2D eigenvalue weighted by Gasteiger charge is -2.27. The average Bonchev–Trinajstić information content (AvgIpc) is 3.61. The van der Waals surface area contributed by atoms with Crippen LogP contribution in [0.15, 0.2) is 60.9 Å². The van der Waals surface area contributed by atoms with Crippen LogP contribution in [0, 0.1) is 11.3 Å². The molecule has 1 amide bonds. The Kier molecular flexibility index (Phi) is 8.11. The standard InChI is InChI=1S/C29H25F3N6O3S/c1-36(2)23-10-11-24-25(13-23)42-28(35-24)38(41-27(40)29(30,31)32)26(39)21-5-3-4-19(12-21)16-37-17-22(15-34-37)20-8-6-18(14-33)7-9-20/h3-9,12,15,17,23H,10-11,13,16H2,1-2H3/t23-/m0/s1. The molecule has 2 heterocycles. The zero-order chi connectivity index (χ0) is 30.0. The van der Waals surface area contributed by atoms with Gasteiger partial charge in [-0.05, 0) is 68.8 Å². The number of carbonyl (C=O) groups is 2. The van der Waals surface area contributed by atoms with Gasteiger partial charge in [0.1, 0.15) is 0 Å². The molecule has 4 aromatic rings. The molecular formula is C29H25F3N6O3S. The minimum Gasteiger partial charge on any atom is -0.322 e. The van der Waals surface area contributed by atoms with Gasteiger partial charge in [0.2, 0.25) is 5.13 Å². The lowest BCUT2D eigenvalue weighted by molar-refractivity contribution is -0.199. The van der Waals surface area contributed by atoms with Gasteiger partial charge in [0.05, 0.1) is 30.1 Å². The van der Waals surface area contributed by atoms with Crippen molar-refractivity contribution in [2.24, 2.45) is 0 Å². The van der Waals surface area contributed by atoms with Crippen molar-refractivity contribution in [3.05, 3.63) is 88.2 Å². The van der Waals surface area contributed by atoms with Crippen LogP contribution in [0.2, 0.25) is 0 Å². The first-order chi connectivity index (χ1) is 20.0. The third-order valence-electron chi connectivity index (χ3n) is 6.90. The number of thiazole rings is 1. The van der Waals surface area contributed by atoms with Crippen LogP contribution in [-0.2, 0) is 29.0 Å². The van der Waals surface area contributed by atoms with Crippen LogP contribution in [0.5, 0.6) is 0 Å². The molecule has 1 aliphatic carbocycles. The molecular weight excluding hydrogens is 569 g/mol. The third-order valence-corrected chi connectivity index (χ3v) is 7.98. The van der Waals surface area contributed by atoms with E-state index in [0.717, 1.165) is 33.8 Å². The molecule has 0 radical (unpaired) electrons. The Balaban J connectivity index is 1.39.